The molecule has 0 amide bonds. The molecule has 0 saturated heterocycles. The highest BCUT2D eigenvalue weighted by Gasteiger charge is 2.06. The summed E-state index contributed by atoms with van der Waals surface area (Å²) in [5, 5.41) is 11.5. The summed E-state index contributed by atoms with van der Waals surface area (Å²) in [6, 6.07) is 12.3. The Morgan fingerprint density at radius 3 is 2.90 bits per heavy atom. The van der Waals surface area contributed by atoms with Crippen molar-refractivity contribution in [2.75, 3.05) is 11.1 Å². The zero-order chi connectivity index (χ0) is 13.9. The summed E-state index contributed by atoms with van der Waals surface area (Å²) in [5.41, 5.74) is 11.1. The molecule has 4 heteroatoms. The monoisotopic (exact) mass is 266 g/mol. The Kier molecular flexibility index (Phi) is 3.29. The van der Waals surface area contributed by atoms with Crippen LogP contribution in [0.4, 0.5) is 17.1 Å². The minimum Gasteiger partial charge on any atom is -0.397 e. The van der Waals surface area contributed by atoms with E-state index >= 15 is 0 Å². The number of benzene rings is 2. The highest BCUT2D eigenvalue weighted by molar-refractivity contribution is 5.90. The first kappa shape index (κ1) is 12.5. The largest absolute Gasteiger partial charge is 0.397 e. The number of nitrogens with two attached hydrogens (primary N) is 1. The summed E-state index contributed by atoms with van der Waals surface area (Å²) in [6.07, 6.45) is 3.95. The standard InChI is InChI=1S/C16H18N4/c1-2-5-11-6-3-4-7-14(11)19-16-9-15-12(8-13(16)17)10-18-20-15/h3-4,6-10,19H,2,5,17H2,1H3,(H,18,20). The number of hydrogen-bond acceptors (Lipinski definition) is 3. The van der Waals surface area contributed by atoms with Crippen LogP contribution in [0.5, 0.6) is 0 Å². The SMILES string of the molecule is CCCc1ccccc1Nc1cc2[nH]ncc2cc1N. The van der Waals surface area contributed by atoms with E-state index in [4.69, 9.17) is 5.73 Å². The molecule has 0 aliphatic rings. The number of hydrogen-bond donors (Lipinski definition) is 3. The Morgan fingerprint density at radius 1 is 1.20 bits per heavy atom. The molecule has 102 valence electrons. The van der Waals surface area contributed by atoms with Crippen LogP contribution in [0.25, 0.3) is 10.9 Å². The van der Waals surface area contributed by atoms with Gasteiger partial charge in [0.1, 0.15) is 0 Å². The summed E-state index contributed by atoms with van der Waals surface area (Å²) in [4.78, 5) is 0. The van der Waals surface area contributed by atoms with E-state index < -0.39 is 0 Å². The molecule has 2 aromatic carbocycles. The molecule has 4 nitrogen and oxygen atoms in total. The fraction of sp³-hybridized carbons (Fsp3) is 0.188. The number of aryl methyl sites for hydroxylation is 1. The first-order valence-electron chi connectivity index (χ1n) is 6.85. The van der Waals surface area contributed by atoms with Crippen LogP contribution in [0.2, 0.25) is 0 Å². The van der Waals surface area contributed by atoms with Gasteiger partial charge in [-0.15, -0.1) is 0 Å². The first-order valence-corrected chi connectivity index (χ1v) is 6.85. The minimum absolute atomic E-state index is 0.727. The third-order valence-corrected chi connectivity index (χ3v) is 3.42. The summed E-state index contributed by atoms with van der Waals surface area (Å²) in [7, 11) is 0. The van der Waals surface area contributed by atoms with Crippen molar-refractivity contribution >= 4 is 28.0 Å². The van der Waals surface area contributed by atoms with E-state index in [1.54, 1.807) is 6.20 Å². The van der Waals surface area contributed by atoms with Gasteiger partial charge in [0.05, 0.1) is 23.1 Å². The van der Waals surface area contributed by atoms with Gasteiger partial charge in [0.15, 0.2) is 0 Å². The topological polar surface area (TPSA) is 66.7 Å². The van der Waals surface area contributed by atoms with Gasteiger partial charge in [-0.05, 0) is 30.2 Å². The van der Waals surface area contributed by atoms with Crippen LogP contribution in [0.15, 0.2) is 42.6 Å². The first-order chi connectivity index (χ1) is 9.78. The van der Waals surface area contributed by atoms with E-state index in [1.165, 1.54) is 5.56 Å². The van der Waals surface area contributed by atoms with Crippen LogP contribution in [-0.2, 0) is 6.42 Å². The van der Waals surface area contributed by atoms with Crippen molar-refractivity contribution in [1.29, 1.82) is 0 Å². The zero-order valence-electron chi connectivity index (χ0n) is 11.5. The number of rotatable bonds is 4. The van der Waals surface area contributed by atoms with Gasteiger partial charge >= 0.3 is 0 Å². The van der Waals surface area contributed by atoms with Crippen molar-refractivity contribution in [3.63, 3.8) is 0 Å². The van der Waals surface area contributed by atoms with Crippen molar-refractivity contribution < 1.29 is 0 Å². The molecule has 3 aromatic rings. The molecule has 0 saturated carbocycles. The summed E-state index contributed by atoms with van der Waals surface area (Å²) in [5.74, 6) is 0. The van der Waals surface area contributed by atoms with E-state index in [9.17, 15) is 0 Å². The molecular formula is C16H18N4. The predicted octanol–water partition coefficient (Wildman–Crippen LogP) is 3.84. The van der Waals surface area contributed by atoms with E-state index in [0.717, 1.165) is 40.8 Å². The molecule has 0 atom stereocenters. The van der Waals surface area contributed by atoms with Gasteiger partial charge in [-0.1, -0.05) is 31.5 Å². The molecule has 1 heterocycles. The zero-order valence-corrected chi connectivity index (χ0v) is 11.5. The van der Waals surface area contributed by atoms with Crippen molar-refractivity contribution in [2.24, 2.45) is 0 Å². The van der Waals surface area contributed by atoms with Crippen LogP contribution in [0.3, 0.4) is 0 Å². The van der Waals surface area contributed by atoms with E-state index in [1.807, 2.05) is 18.2 Å². The summed E-state index contributed by atoms with van der Waals surface area (Å²) >= 11 is 0. The number of anilines is 3. The van der Waals surface area contributed by atoms with Gasteiger partial charge in [0.25, 0.3) is 0 Å². The highest BCUT2D eigenvalue weighted by Crippen LogP contribution is 2.29. The van der Waals surface area contributed by atoms with E-state index in [2.05, 4.69) is 40.6 Å². The molecular weight excluding hydrogens is 248 g/mol. The van der Waals surface area contributed by atoms with Gasteiger partial charge in [-0.25, -0.2) is 0 Å². The van der Waals surface area contributed by atoms with Crippen LogP contribution in [-0.4, -0.2) is 10.2 Å². The van der Waals surface area contributed by atoms with Gasteiger partial charge in [0.2, 0.25) is 0 Å². The second-order valence-electron chi connectivity index (χ2n) is 4.93. The van der Waals surface area contributed by atoms with Crippen LogP contribution >= 0.6 is 0 Å². The van der Waals surface area contributed by atoms with Gasteiger partial charge in [-0.3, -0.25) is 5.10 Å². The fourth-order valence-electron chi connectivity index (χ4n) is 2.39. The number of nitrogens with one attached hydrogen (secondary N) is 2. The van der Waals surface area contributed by atoms with Crippen molar-refractivity contribution in [3.8, 4) is 0 Å². The Labute approximate surface area is 118 Å². The van der Waals surface area contributed by atoms with Crippen molar-refractivity contribution in [2.45, 2.75) is 19.8 Å². The molecule has 0 unspecified atom stereocenters. The van der Waals surface area contributed by atoms with Crippen molar-refractivity contribution in [1.82, 2.24) is 10.2 Å². The van der Waals surface area contributed by atoms with Crippen LogP contribution in [0, 0.1) is 0 Å². The molecule has 20 heavy (non-hydrogen) atoms. The van der Waals surface area contributed by atoms with Crippen molar-refractivity contribution in [3.05, 3.63) is 48.2 Å². The molecule has 0 aliphatic carbocycles. The fourth-order valence-corrected chi connectivity index (χ4v) is 2.39. The third kappa shape index (κ3) is 2.32. The quantitative estimate of drug-likeness (QED) is 0.628. The number of nitrogens with zero attached hydrogens (tertiary/aromatic N) is 1. The average molecular weight is 266 g/mol. The normalized spacial score (nSPS) is 10.8. The predicted molar refractivity (Wildman–Crippen MR) is 84.2 cm³/mol. The maximum absolute atomic E-state index is 6.11. The Hall–Kier alpha value is -2.49. The Balaban J connectivity index is 1.98. The Bertz CT molecular complexity index is 730. The lowest BCUT2D eigenvalue weighted by Crippen LogP contribution is -1.99. The number of H-pyrrole nitrogens is 1. The second kappa shape index (κ2) is 5.25. The van der Waals surface area contributed by atoms with Gasteiger partial charge in [-0.2, -0.15) is 5.10 Å². The molecule has 0 bridgehead atoms. The number of aromatic nitrogens is 2. The number of nitrogen functional groups attached to an aromatic ring is 1. The smallest absolute Gasteiger partial charge is 0.0672 e. The molecule has 0 fully saturated rings. The second-order valence-corrected chi connectivity index (χ2v) is 4.93. The summed E-state index contributed by atoms with van der Waals surface area (Å²) < 4.78 is 0. The molecule has 0 radical (unpaired) electrons. The molecule has 1 aromatic heterocycles. The Morgan fingerprint density at radius 2 is 2.05 bits per heavy atom. The molecule has 0 aliphatic heterocycles. The maximum atomic E-state index is 6.11. The number of aromatic amines is 1. The minimum atomic E-state index is 0.727. The molecule has 4 N–H and O–H groups in total. The van der Waals surface area contributed by atoms with Crippen LogP contribution in [0.1, 0.15) is 18.9 Å². The maximum Gasteiger partial charge on any atom is 0.0672 e. The van der Waals surface area contributed by atoms with Gasteiger partial charge in [0, 0.05) is 11.1 Å². The van der Waals surface area contributed by atoms with Gasteiger partial charge < -0.3 is 11.1 Å². The molecule has 3 rings (SSSR count). The molecule has 0 spiro atoms. The lowest BCUT2D eigenvalue weighted by atomic mass is 10.1. The third-order valence-electron chi connectivity index (χ3n) is 3.42. The average Bonchev–Trinajstić information content (AvgIpc) is 2.88. The van der Waals surface area contributed by atoms with E-state index in [-0.39, 0.29) is 0 Å². The lowest BCUT2D eigenvalue weighted by molar-refractivity contribution is 0.923. The number of fused-ring (bicyclic) bond motifs is 1. The van der Waals surface area contributed by atoms with E-state index in [0.29, 0.717) is 0 Å². The van der Waals surface area contributed by atoms with Crippen LogP contribution < -0.4 is 11.1 Å². The summed E-state index contributed by atoms with van der Waals surface area (Å²) in [6.45, 7) is 2.18. The number of para-hydroxylation sites is 1. The highest BCUT2D eigenvalue weighted by atomic mass is 15.1. The lowest BCUT2D eigenvalue weighted by Gasteiger charge is -2.13.